The minimum Gasteiger partial charge on any atom is -0.307 e. The predicted molar refractivity (Wildman–Crippen MR) is 83.2 cm³/mol. The van der Waals surface area contributed by atoms with E-state index in [4.69, 9.17) is 0 Å². The SMILES string of the molecule is C[C@@H](NC1CCCCC1C(C)(C)C)c1ccc(F)cc1. The van der Waals surface area contributed by atoms with Crippen LogP contribution in [0.25, 0.3) is 0 Å². The average Bonchev–Trinajstić information content (AvgIpc) is 2.38. The monoisotopic (exact) mass is 277 g/mol. The van der Waals surface area contributed by atoms with Crippen LogP contribution in [0.5, 0.6) is 0 Å². The number of rotatable bonds is 3. The van der Waals surface area contributed by atoms with E-state index in [-0.39, 0.29) is 11.9 Å². The minimum absolute atomic E-state index is 0.161. The summed E-state index contributed by atoms with van der Waals surface area (Å²) in [7, 11) is 0. The van der Waals surface area contributed by atoms with Gasteiger partial charge in [0.2, 0.25) is 0 Å². The van der Waals surface area contributed by atoms with E-state index >= 15 is 0 Å². The van der Waals surface area contributed by atoms with Crippen molar-refractivity contribution < 1.29 is 4.39 Å². The molecule has 2 rings (SSSR count). The van der Waals surface area contributed by atoms with Gasteiger partial charge in [0.15, 0.2) is 0 Å². The zero-order valence-electron chi connectivity index (χ0n) is 13.2. The molecule has 1 aromatic rings. The summed E-state index contributed by atoms with van der Waals surface area (Å²) in [4.78, 5) is 0. The molecular formula is C18H28FN. The third kappa shape index (κ3) is 3.82. The molecule has 1 nitrogen and oxygen atoms in total. The van der Waals surface area contributed by atoms with Gasteiger partial charge in [-0.2, -0.15) is 0 Å². The van der Waals surface area contributed by atoms with E-state index in [9.17, 15) is 4.39 Å². The van der Waals surface area contributed by atoms with Gasteiger partial charge in [0.25, 0.3) is 0 Å². The maximum atomic E-state index is 13.0. The fourth-order valence-electron chi connectivity index (χ4n) is 3.54. The molecule has 1 fully saturated rings. The van der Waals surface area contributed by atoms with Gasteiger partial charge in [-0.1, -0.05) is 45.7 Å². The molecule has 1 aromatic carbocycles. The minimum atomic E-state index is -0.161. The van der Waals surface area contributed by atoms with Crippen LogP contribution in [-0.2, 0) is 0 Å². The summed E-state index contributed by atoms with van der Waals surface area (Å²) in [6.07, 6.45) is 5.25. The largest absolute Gasteiger partial charge is 0.307 e. The Labute approximate surface area is 123 Å². The van der Waals surface area contributed by atoms with Crippen LogP contribution in [0.15, 0.2) is 24.3 Å². The predicted octanol–water partition coefficient (Wildman–Crippen LogP) is 5.08. The molecule has 3 atom stereocenters. The van der Waals surface area contributed by atoms with Crippen molar-refractivity contribution >= 4 is 0 Å². The summed E-state index contributed by atoms with van der Waals surface area (Å²) >= 11 is 0. The maximum absolute atomic E-state index is 13.0. The van der Waals surface area contributed by atoms with Crippen molar-refractivity contribution in [2.45, 2.75) is 65.5 Å². The van der Waals surface area contributed by atoms with Crippen LogP contribution < -0.4 is 5.32 Å². The Hall–Kier alpha value is -0.890. The van der Waals surface area contributed by atoms with Crippen molar-refractivity contribution in [2.24, 2.45) is 11.3 Å². The molecule has 0 heterocycles. The summed E-state index contributed by atoms with van der Waals surface area (Å²) in [5, 5.41) is 3.79. The lowest BCUT2D eigenvalue weighted by molar-refractivity contribution is 0.124. The first kappa shape index (κ1) is 15.5. The molecule has 0 aliphatic heterocycles. The molecule has 0 radical (unpaired) electrons. The molecule has 2 heteroatoms. The zero-order chi connectivity index (χ0) is 14.8. The van der Waals surface area contributed by atoms with E-state index in [0.29, 0.717) is 11.5 Å². The first-order chi connectivity index (χ1) is 9.38. The lowest BCUT2D eigenvalue weighted by atomic mass is 9.69. The van der Waals surface area contributed by atoms with E-state index in [1.165, 1.54) is 31.2 Å². The Morgan fingerprint density at radius 3 is 2.30 bits per heavy atom. The van der Waals surface area contributed by atoms with Crippen LogP contribution in [0.2, 0.25) is 0 Å². The molecule has 0 aromatic heterocycles. The van der Waals surface area contributed by atoms with Gasteiger partial charge in [-0.25, -0.2) is 4.39 Å². The second-order valence-electron chi connectivity index (χ2n) is 7.30. The molecule has 1 saturated carbocycles. The Bertz CT molecular complexity index is 418. The molecule has 1 aliphatic carbocycles. The first-order valence-corrected chi connectivity index (χ1v) is 7.89. The second-order valence-corrected chi connectivity index (χ2v) is 7.30. The molecule has 0 bridgehead atoms. The van der Waals surface area contributed by atoms with Gasteiger partial charge >= 0.3 is 0 Å². The van der Waals surface area contributed by atoms with Crippen LogP contribution in [0.3, 0.4) is 0 Å². The molecule has 1 N–H and O–H groups in total. The van der Waals surface area contributed by atoms with Crippen molar-refractivity contribution in [3.8, 4) is 0 Å². The van der Waals surface area contributed by atoms with Crippen LogP contribution in [0, 0.1) is 17.2 Å². The highest BCUT2D eigenvalue weighted by molar-refractivity contribution is 5.19. The molecule has 0 saturated heterocycles. The Morgan fingerprint density at radius 2 is 1.70 bits per heavy atom. The summed E-state index contributed by atoms with van der Waals surface area (Å²) in [6.45, 7) is 9.22. The summed E-state index contributed by atoms with van der Waals surface area (Å²) in [5.74, 6) is 0.560. The Morgan fingerprint density at radius 1 is 1.10 bits per heavy atom. The van der Waals surface area contributed by atoms with Crippen molar-refractivity contribution in [2.75, 3.05) is 0 Å². The van der Waals surface area contributed by atoms with Gasteiger partial charge in [-0.05, 0) is 48.8 Å². The van der Waals surface area contributed by atoms with Crippen LogP contribution >= 0.6 is 0 Å². The maximum Gasteiger partial charge on any atom is 0.123 e. The van der Waals surface area contributed by atoms with Gasteiger partial charge in [0.1, 0.15) is 5.82 Å². The van der Waals surface area contributed by atoms with Crippen LogP contribution in [0.4, 0.5) is 4.39 Å². The highest BCUT2D eigenvalue weighted by Gasteiger charge is 2.34. The fourth-order valence-corrected chi connectivity index (χ4v) is 3.54. The summed E-state index contributed by atoms with van der Waals surface area (Å²) < 4.78 is 13.0. The van der Waals surface area contributed by atoms with Crippen molar-refractivity contribution in [3.63, 3.8) is 0 Å². The highest BCUT2D eigenvalue weighted by Crippen LogP contribution is 2.38. The van der Waals surface area contributed by atoms with Crippen molar-refractivity contribution in [1.29, 1.82) is 0 Å². The van der Waals surface area contributed by atoms with E-state index in [2.05, 4.69) is 33.0 Å². The molecular weight excluding hydrogens is 249 g/mol. The van der Waals surface area contributed by atoms with Gasteiger partial charge in [0, 0.05) is 12.1 Å². The van der Waals surface area contributed by atoms with Gasteiger partial charge in [0.05, 0.1) is 0 Å². The quantitative estimate of drug-likeness (QED) is 0.812. The fraction of sp³-hybridized carbons (Fsp3) is 0.667. The van der Waals surface area contributed by atoms with Crippen LogP contribution in [-0.4, -0.2) is 6.04 Å². The van der Waals surface area contributed by atoms with Gasteiger partial charge in [-0.3, -0.25) is 0 Å². The van der Waals surface area contributed by atoms with E-state index in [1.807, 2.05) is 12.1 Å². The zero-order valence-corrected chi connectivity index (χ0v) is 13.2. The van der Waals surface area contributed by atoms with Crippen molar-refractivity contribution in [1.82, 2.24) is 5.32 Å². The summed E-state index contributed by atoms with van der Waals surface area (Å²) in [6, 6.07) is 7.74. The number of nitrogens with one attached hydrogen (secondary N) is 1. The average molecular weight is 277 g/mol. The Kier molecular flexibility index (Phi) is 4.85. The molecule has 20 heavy (non-hydrogen) atoms. The van der Waals surface area contributed by atoms with Crippen molar-refractivity contribution in [3.05, 3.63) is 35.6 Å². The lowest BCUT2D eigenvalue weighted by Crippen LogP contribution is -2.45. The number of hydrogen-bond donors (Lipinski definition) is 1. The second kappa shape index (κ2) is 6.26. The number of hydrogen-bond acceptors (Lipinski definition) is 1. The van der Waals surface area contributed by atoms with E-state index in [0.717, 1.165) is 5.92 Å². The van der Waals surface area contributed by atoms with E-state index in [1.54, 1.807) is 12.1 Å². The standard InChI is InChI=1S/C18H28FN/c1-13(14-9-11-15(19)12-10-14)20-17-8-6-5-7-16(17)18(2,3)4/h9-13,16-17,20H,5-8H2,1-4H3/t13-,16?,17?/m1/s1. The molecule has 2 unspecified atom stereocenters. The first-order valence-electron chi connectivity index (χ1n) is 7.89. The highest BCUT2D eigenvalue weighted by atomic mass is 19.1. The molecule has 112 valence electrons. The Balaban J connectivity index is 2.05. The third-order valence-corrected chi connectivity index (χ3v) is 4.71. The topological polar surface area (TPSA) is 12.0 Å². The van der Waals surface area contributed by atoms with Crippen LogP contribution in [0.1, 0.15) is 65.0 Å². The third-order valence-electron chi connectivity index (χ3n) is 4.71. The lowest BCUT2D eigenvalue weighted by Gasteiger charge is -2.42. The molecule has 1 aliphatic rings. The molecule has 0 amide bonds. The normalized spacial score (nSPS) is 25.4. The van der Waals surface area contributed by atoms with Gasteiger partial charge < -0.3 is 5.32 Å². The number of benzene rings is 1. The summed E-state index contributed by atoms with van der Waals surface area (Å²) in [5.41, 5.74) is 1.52. The number of halogens is 1. The smallest absolute Gasteiger partial charge is 0.123 e. The molecule has 0 spiro atoms. The van der Waals surface area contributed by atoms with Gasteiger partial charge in [-0.15, -0.1) is 0 Å². The van der Waals surface area contributed by atoms with E-state index < -0.39 is 0 Å².